The number of aromatic carboxylic acids is 1. The van der Waals surface area contributed by atoms with Crippen LogP contribution in [-0.4, -0.2) is 32.4 Å². The summed E-state index contributed by atoms with van der Waals surface area (Å²) in [7, 11) is -2.02. The van der Waals surface area contributed by atoms with Crippen molar-refractivity contribution < 1.29 is 23.2 Å². The highest BCUT2D eigenvalue weighted by Gasteiger charge is 2.28. The molecule has 0 saturated carbocycles. The molecule has 2 rings (SSSR count). The van der Waals surface area contributed by atoms with Gasteiger partial charge in [0.05, 0.1) is 29.0 Å². The topological polar surface area (TPSA) is 92.7 Å². The molecule has 0 aromatic heterocycles. The summed E-state index contributed by atoms with van der Waals surface area (Å²) < 4.78 is 24.0. The van der Waals surface area contributed by atoms with Crippen molar-refractivity contribution in [3.8, 4) is 0 Å². The first-order valence-corrected chi connectivity index (χ1v) is 7.13. The highest BCUT2D eigenvalue weighted by atomic mass is 32.2. The Morgan fingerprint density at radius 2 is 2.11 bits per heavy atom. The van der Waals surface area contributed by atoms with Gasteiger partial charge in [-0.25, -0.2) is 13.2 Å². The van der Waals surface area contributed by atoms with Gasteiger partial charge in [0.2, 0.25) is 0 Å². The van der Waals surface area contributed by atoms with E-state index in [1.54, 1.807) is 6.92 Å². The Morgan fingerprint density at radius 3 is 2.68 bits per heavy atom. The third-order valence-corrected chi connectivity index (χ3v) is 4.60. The number of benzene rings is 1. The van der Waals surface area contributed by atoms with Gasteiger partial charge in [0.25, 0.3) is 0 Å². The average Bonchev–Trinajstić information content (AvgIpc) is 2.33. The smallest absolute Gasteiger partial charge is 0.335 e. The summed E-state index contributed by atoms with van der Waals surface area (Å²) in [6.45, 7) is 1.58. The van der Waals surface area contributed by atoms with E-state index in [9.17, 15) is 13.2 Å². The normalized spacial score (nSPS) is 16.4. The molecule has 0 aliphatic carbocycles. The van der Waals surface area contributed by atoms with Crippen molar-refractivity contribution >= 4 is 21.5 Å². The number of carboxylic acid groups (broad SMARTS) is 1. The average molecular weight is 283 g/mol. The minimum atomic E-state index is -3.42. The van der Waals surface area contributed by atoms with Crippen molar-refractivity contribution in [2.45, 2.75) is 11.8 Å². The number of fused-ring (bicyclic) bond motifs is 1. The van der Waals surface area contributed by atoms with Crippen LogP contribution in [-0.2, 0) is 14.7 Å². The van der Waals surface area contributed by atoms with Crippen LogP contribution in [0.5, 0.6) is 0 Å². The molecule has 1 aliphatic rings. The lowest BCUT2D eigenvalue weighted by molar-refractivity contribution is 0.0696. The number of carboxylic acids is 1. The minimum Gasteiger partial charge on any atom is -0.478 e. The van der Waals surface area contributed by atoms with Gasteiger partial charge in [-0.1, -0.05) is 0 Å². The maximum Gasteiger partial charge on any atom is 0.335 e. The van der Waals surface area contributed by atoms with Crippen molar-refractivity contribution in [1.29, 1.82) is 0 Å². The van der Waals surface area contributed by atoms with E-state index in [1.807, 2.05) is 0 Å². The lowest BCUT2D eigenvalue weighted by Gasteiger charge is -2.21. The highest BCUT2D eigenvalue weighted by Crippen LogP contribution is 2.32. The lowest BCUT2D eigenvalue weighted by atomic mass is 9.99. The highest BCUT2D eigenvalue weighted by molar-refractivity contribution is 7.91. The lowest BCUT2D eigenvalue weighted by Crippen LogP contribution is -2.22. The molecular formula is C12H13NO5S. The molecule has 2 N–H and O–H groups in total. The monoisotopic (exact) mass is 283 g/mol. The Balaban J connectivity index is 2.76. The molecule has 0 spiro atoms. The fourth-order valence-electron chi connectivity index (χ4n) is 2.10. The Bertz CT molecular complexity index is 676. The first kappa shape index (κ1) is 13.6. The number of carbonyl (C=O) groups is 1. The first-order valence-electron chi connectivity index (χ1n) is 5.47. The summed E-state index contributed by atoms with van der Waals surface area (Å²) in [6, 6.07) is 2.63. The summed E-state index contributed by atoms with van der Waals surface area (Å²) in [5, 5.41) is 9.09. The largest absolute Gasteiger partial charge is 0.478 e. The Morgan fingerprint density at radius 1 is 1.42 bits per heavy atom. The molecule has 1 aromatic rings. The van der Waals surface area contributed by atoms with E-state index in [0.29, 0.717) is 16.8 Å². The zero-order valence-electron chi connectivity index (χ0n) is 10.4. The molecule has 0 amide bonds. The van der Waals surface area contributed by atoms with Crippen LogP contribution in [0.25, 0.3) is 5.70 Å². The van der Waals surface area contributed by atoms with Crippen LogP contribution in [0.2, 0.25) is 0 Å². The zero-order valence-corrected chi connectivity index (χ0v) is 11.2. The predicted octanol–water partition coefficient (Wildman–Crippen LogP) is 0.972. The second-order valence-corrected chi connectivity index (χ2v) is 6.12. The molecule has 19 heavy (non-hydrogen) atoms. The van der Waals surface area contributed by atoms with Crippen molar-refractivity contribution in [1.82, 2.24) is 5.48 Å². The van der Waals surface area contributed by atoms with E-state index in [-0.39, 0.29) is 16.2 Å². The molecule has 6 nitrogen and oxygen atoms in total. The molecule has 0 unspecified atom stereocenters. The summed E-state index contributed by atoms with van der Waals surface area (Å²) in [4.78, 5) is 16.0. The summed E-state index contributed by atoms with van der Waals surface area (Å²) >= 11 is 0. The maximum absolute atomic E-state index is 12.0. The second-order valence-electron chi connectivity index (χ2n) is 4.12. The van der Waals surface area contributed by atoms with Gasteiger partial charge in [0.1, 0.15) is 0 Å². The fourth-order valence-corrected chi connectivity index (χ4v) is 3.52. The van der Waals surface area contributed by atoms with Crippen LogP contribution in [0.3, 0.4) is 0 Å². The number of rotatable bonds is 3. The van der Waals surface area contributed by atoms with E-state index < -0.39 is 15.8 Å². The van der Waals surface area contributed by atoms with E-state index >= 15 is 0 Å². The van der Waals surface area contributed by atoms with Crippen molar-refractivity contribution in [2.75, 3.05) is 12.9 Å². The number of hydrogen-bond donors (Lipinski definition) is 2. The first-order chi connectivity index (χ1) is 8.88. The number of sulfone groups is 1. The molecule has 102 valence electrons. The minimum absolute atomic E-state index is 0.0691. The molecule has 1 heterocycles. The van der Waals surface area contributed by atoms with E-state index in [0.717, 1.165) is 0 Å². The molecule has 0 radical (unpaired) electrons. The van der Waals surface area contributed by atoms with E-state index in [2.05, 4.69) is 5.48 Å². The number of hydrogen-bond acceptors (Lipinski definition) is 5. The fraction of sp³-hybridized carbons (Fsp3) is 0.250. The summed E-state index contributed by atoms with van der Waals surface area (Å²) in [5.74, 6) is -1.24. The van der Waals surface area contributed by atoms with Gasteiger partial charge in [-0.3, -0.25) is 10.3 Å². The standard InChI is InChI=1S/C12H13NO5S/c1-7-8(12(14)15)3-4-10-11(7)9(13-18-2)5-6-19(10,16)17/h3-5,13H,6H2,1-2H3,(H,14,15). The van der Waals surface area contributed by atoms with Gasteiger partial charge >= 0.3 is 5.97 Å². The van der Waals surface area contributed by atoms with Gasteiger partial charge in [-0.15, -0.1) is 0 Å². The van der Waals surface area contributed by atoms with Gasteiger partial charge in [-0.05, 0) is 30.7 Å². The van der Waals surface area contributed by atoms with Crippen LogP contribution in [0, 0.1) is 6.92 Å². The zero-order chi connectivity index (χ0) is 14.2. The van der Waals surface area contributed by atoms with Crippen LogP contribution >= 0.6 is 0 Å². The molecule has 0 atom stereocenters. The Labute approximate surface area is 110 Å². The number of nitrogens with one attached hydrogen (secondary N) is 1. The molecule has 0 bridgehead atoms. The van der Waals surface area contributed by atoms with Crippen LogP contribution in [0.15, 0.2) is 23.1 Å². The Hall–Kier alpha value is -1.86. The van der Waals surface area contributed by atoms with Crippen molar-refractivity contribution in [3.05, 3.63) is 34.9 Å². The second kappa shape index (κ2) is 4.67. The molecule has 0 fully saturated rings. The predicted molar refractivity (Wildman–Crippen MR) is 68.3 cm³/mol. The molecule has 1 aromatic carbocycles. The third kappa shape index (κ3) is 2.22. The summed E-state index contributed by atoms with van der Waals surface area (Å²) in [6.07, 6.45) is 1.47. The van der Waals surface area contributed by atoms with Crippen LogP contribution in [0.1, 0.15) is 21.5 Å². The quantitative estimate of drug-likeness (QED) is 0.803. The van der Waals surface area contributed by atoms with E-state index in [1.165, 1.54) is 25.3 Å². The summed E-state index contributed by atoms with van der Waals surface area (Å²) in [5.41, 5.74) is 3.87. The Kier molecular flexibility index (Phi) is 3.34. The van der Waals surface area contributed by atoms with Crippen LogP contribution in [0.4, 0.5) is 0 Å². The maximum atomic E-state index is 12.0. The molecule has 7 heteroatoms. The van der Waals surface area contributed by atoms with Gasteiger partial charge in [-0.2, -0.15) is 0 Å². The SMILES string of the molecule is CONC1=CCS(=O)(=O)c2ccc(C(=O)O)c(C)c21. The van der Waals surface area contributed by atoms with Gasteiger partial charge in [0.15, 0.2) is 9.84 Å². The molecule has 1 aliphatic heterocycles. The van der Waals surface area contributed by atoms with Crippen molar-refractivity contribution in [2.24, 2.45) is 0 Å². The molecule has 0 saturated heterocycles. The number of hydroxylamine groups is 1. The van der Waals surface area contributed by atoms with Gasteiger partial charge < -0.3 is 5.11 Å². The third-order valence-electron chi connectivity index (χ3n) is 2.98. The van der Waals surface area contributed by atoms with E-state index in [4.69, 9.17) is 9.94 Å². The van der Waals surface area contributed by atoms with Crippen LogP contribution < -0.4 is 5.48 Å². The van der Waals surface area contributed by atoms with Crippen molar-refractivity contribution in [3.63, 3.8) is 0 Å². The molecular weight excluding hydrogens is 270 g/mol. The van der Waals surface area contributed by atoms with Gasteiger partial charge in [0, 0.05) is 5.56 Å².